The average molecular weight is 392 g/mol. The van der Waals surface area contributed by atoms with Crippen LogP contribution in [0, 0.1) is 0 Å². The Kier molecular flexibility index (Phi) is 6.68. The van der Waals surface area contributed by atoms with Crippen LogP contribution in [0.15, 0.2) is 47.4 Å². The topological polar surface area (TPSA) is 84.9 Å². The number of benzene rings is 2. The molecule has 146 valence electrons. The molecule has 2 aromatic rings. The summed E-state index contributed by atoms with van der Waals surface area (Å²) in [7, 11) is -0.826. The van der Waals surface area contributed by atoms with E-state index in [0.29, 0.717) is 35.8 Å². The number of anilines is 1. The molecule has 7 nitrogen and oxygen atoms in total. The van der Waals surface area contributed by atoms with Gasteiger partial charge < -0.3 is 14.4 Å². The van der Waals surface area contributed by atoms with Crippen LogP contribution in [0.2, 0.25) is 0 Å². The largest absolute Gasteiger partial charge is 0.493 e. The third kappa shape index (κ3) is 4.71. The average Bonchev–Trinajstić information content (AvgIpc) is 2.68. The summed E-state index contributed by atoms with van der Waals surface area (Å²) in [5.74, 6) is 0.786. The van der Waals surface area contributed by atoms with Crippen molar-refractivity contribution in [3.63, 3.8) is 0 Å². The van der Waals surface area contributed by atoms with Gasteiger partial charge in [-0.1, -0.05) is 0 Å². The Balaban J connectivity index is 2.23. The number of hydrogen-bond acceptors (Lipinski definition) is 5. The van der Waals surface area contributed by atoms with E-state index in [9.17, 15) is 13.2 Å². The number of sulfonamides is 1. The lowest BCUT2D eigenvalue weighted by Gasteiger charge is -2.18. The number of hydrogen-bond donors (Lipinski definition) is 1. The van der Waals surface area contributed by atoms with Crippen molar-refractivity contribution in [1.82, 2.24) is 4.90 Å². The van der Waals surface area contributed by atoms with Gasteiger partial charge in [0.1, 0.15) is 0 Å². The number of nitrogens with one attached hydrogen (secondary N) is 1. The normalized spacial score (nSPS) is 11.0. The third-order valence-corrected chi connectivity index (χ3v) is 5.50. The fourth-order valence-corrected chi connectivity index (χ4v) is 3.63. The van der Waals surface area contributed by atoms with Crippen molar-refractivity contribution in [2.75, 3.05) is 32.0 Å². The van der Waals surface area contributed by atoms with E-state index in [0.717, 1.165) is 0 Å². The summed E-state index contributed by atoms with van der Waals surface area (Å²) in [5, 5.41) is 0. The molecule has 0 saturated heterocycles. The summed E-state index contributed by atoms with van der Waals surface area (Å²) in [6, 6.07) is 10.6. The van der Waals surface area contributed by atoms with Crippen LogP contribution in [0.5, 0.6) is 11.5 Å². The van der Waals surface area contributed by atoms with Crippen LogP contribution >= 0.6 is 0 Å². The zero-order chi connectivity index (χ0) is 20.0. The van der Waals surface area contributed by atoms with Gasteiger partial charge in [0, 0.05) is 24.7 Å². The Hall–Kier alpha value is -2.74. The molecular weight excluding hydrogens is 368 g/mol. The van der Waals surface area contributed by atoms with Crippen LogP contribution in [0.1, 0.15) is 24.2 Å². The molecule has 0 atom stereocenters. The van der Waals surface area contributed by atoms with Gasteiger partial charge in [0.25, 0.3) is 15.9 Å². The summed E-state index contributed by atoms with van der Waals surface area (Å²) < 4.78 is 38.0. The predicted molar refractivity (Wildman–Crippen MR) is 104 cm³/mol. The van der Waals surface area contributed by atoms with E-state index in [1.165, 1.54) is 44.6 Å². The minimum Gasteiger partial charge on any atom is -0.493 e. The van der Waals surface area contributed by atoms with E-state index < -0.39 is 10.0 Å². The number of carbonyl (C=O) groups is 1. The number of ether oxygens (including phenoxy) is 2. The Morgan fingerprint density at radius 3 is 2.07 bits per heavy atom. The molecule has 0 aliphatic carbocycles. The van der Waals surface area contributed by atoms with Crippen LogP contribution in [0.4, 0.5) is 5.69 Å². The van der Waals surface area contributed by atoms with Crippen LogP contribution < -0.4 is 14.2 Å². The quantitative estimate of drug-likeness (QED) is 0.746. The summed E-state index contributed by atoms with van der Waals surface area (Å²) in [6.45, 7) is 4.98. The molecule has 1 amide bonds. The van der Waals surface area contributed by atoms with Gasteiger partial charge in [-0.2, -0.15) is 0 Å². The van der Waals surface area contributed by atoms with Gasteiger partial charge in [-0.3, -0.25) is 9.52 Å². The van der Waals surface area contributed by atoms with Crippen molar-refractivity contribution in [1.29, 1.82) is 0 Å². The second-order valence-electron chi connectivity index (χ2n) is 5.68. The number of methoxy groups -OCH3 is 2. The molecule has 2 aromatic carbocycles. The van der Waals surface area contributed by atoms with Gasteiger partial charge in [-0.25, -0.2) is 8.42 Å². The molecule has 27 heavy (non-hydrogen) atoms. The zero-order valence-electron chi connectivity index (χ0n) is 15.9. The molecule has 0 radical (unpaired) electrons. The van der Waals surface area contributed by atoms with E-state index in [4.69, 9.17) is 9.47 Å². The van der Waals surface area contributed by atoms with Crippen LogP contribution in [0.25, 0.3) is 0 Å². The molecule has 0 aliphatic rings. The van der Waals surface area contributed by atoms with Crippen LogP contribution in [-0.4, -0.2) is 46.5 Å². The molecule has 0 bridgehead atoms. The number of rotatable bonds is 8. The van der Waals surface area contributed by atoms with Crippen molar-refractivity contribution in [3.8, 4) is 11.5 Å². The third-order valence-electron chi connectivity index (χ3n) is 4.10. The number of amides is 1. The van der Waals surface area contributed by atoms with E-state index in [1.807, 2.05) is 13.8 Å². The maximum atomic E-state index is 12.6. The van der Waals surface area contributed by atoms with Gasteiger partial charge in [0.05, 0.1) is 24.8 Å². The minimum absolute atomic E-state index is 0.0633. The van der Waals surface area contributed by atoms with Crippen LogP contribution in [-0.2, 0) is 10.0 Å². The summed E-state index contributed by atoms with van der Waals surface area (Å²) in [6.07, 6.45) is 0. The fourth-order valence-electron chi connectivity index (χ4n) is 2.58. The standard InChI is InChI=1S/C19H24N2O5S/c1-5-21(6-2)19(22)14-7-10-16(11-8-14)27(23,24)20-15-9-12-17(25-3)18(13-15)26-4/h7-13,20H,5-6H2,1-4H3. The lowest BCUT2D eigenvalue weighted by molar-refractivity contribution is 0.0773. The molecule has 0 aliphatic heterocycles. The van der Waals surface area contributed by atoms with E-state index >= 15 is 0 Å². The first kappa shape index (κ1) is 20.6. The molecule has 8 heteroatoms. The van der Waals surface area contributed by atoms with E-state index in [1.54, 1.807) is 17.0 Å². The first-order valence-corrected chi connectivity index (χ1v) is 9.98. The van der Waals surface area contributed by atoms with Crippen molar-refractivity contribution in [3.05, 3.63) is 48.0 Å². The zero-order valence-corrected chi connectivity index (χ0v) is 16.7. The maximum absolute atomic E-state index is 12.6. The minimum atomic E-state index is -3.80. The van der Waals surface area contributed by atoms with Crippen molar-refractivity contribution >= 4 is 21.6 Å². The predicted octanol–water partition coefficient (Wildman–Crippen LogP) is 2.99. The Morgan fingerprint density at radius 1 is 0.963 bits per heavy atom. The molecule has 0 spiro atoms. The lowest BCUT2D eigenvalue weighted by atomic mass is 10.2. The molecule has 2 rings (SSSR count). The molecule has 0 fully saturated rings. The highest BCUT2D eigenvalue weighted by Gasteiger charge is 2.18. The van der Waals surface area contributed by atoms with Gasteiger partial charge in [-0.05, 0) is 50.2 Å². The molecule has 0 saturated carbocycles. The van der Waals surface area contributed by atoms with E-state index in [2.05, 4.69) is 4.72 Å². The summed E-state index contributed by atoms with van der Waals surface area (Å²) in [5.41, 5.74) is 0.791. The number of nitrogens with zero attached hydrogens (tertiary/aromatic N) is 1. The van der Waals surface area contributed by atoms with Gasteiger partial charge in [-0.15, -0.1) is 0 Å². The molecule has 1 N–H and O–H groups in total. The Morgan fingerprint density at radius 2 is 1.56 bits per heavy atom. The summed E-state index contributed by atoms with van der Waals surface area (Å²) >= 11 is 0. The molecule has 0 aromatic heterocycles. The van der Waals surface area contributed by atoms with E-state index in [-0.39, 0.29) is 10.8 Å². The fraction of sp³-hybridized carbons (Fsp3) is 0.316. The molecule has 0 heterocycles. The highest BCUT2D eigenvalue weighted by atomic mass is 32.2. The second kappa shape index (κ2) is 8.77. The van der Waals surface area contributed by atoms with Crippen molar-refractivity contribution in [2.24, 2.45) is 0 Å². The first-order chi connectivity index (χ1) is 12.9. The maximum Gasteiger partial charge on any atom is 0.261 e. The Labute approximate surface area is 160 Å². The lowest BCUT2D eigenvalue weighted by Crippen LogP contribution is -2.30. The molecule has 0 unspecified atom stereocenters. The monoisotopic (exact) mass is 392 g/mol. The molecular formula is C19H24N2O5S. The van der Waals surface area contributed by atoms with Crippen LogP contribution in [0.3, 0.4) is 0 Å². The van der Waals surface area contributed by atoms with Crippen molar-refractivity contribution in [2.45, 2.75) is 18.7 Å². The SMILES string of the molecule is CCN(CC)C(=O)c1ccc(S(=O)(=O)Nc2ccc(OC)c(OC)c2)cc1. The van der Waals surface area contributed by atoms with Gasteiger partial charge >= 0.3 is 0 Å². The van der Waals surface area contributed by atoms with Gasteiger partial charge in [0.2, 0.25) is 0 Å². The first-order valence-electron chi connectivity index (χ1n) is 8.50. The second-order valence-corrected chi connectivity index (χ2v) is 7.36. The highest BCUT2D eigenvalue weighted by molar-refractivity contribution is 7.92. The smallest absolute Gasteiger partial charge is 0.261 e. The highest BCUT2D eigenvalue weighted by Crippen LogP contribution is 2.30. The Bertz CT molecular complexity index is 891. The number of carbonyl (C=O) groups excluding carboxylic acids is 1. The van der Waals surface area contributed by atoms with Crippen molar-refractivity contribution < 1.29 is 22.7 Å². The summed E-state index contributed by atoms with van der Waals surface area (Å²) in [4.78, 5) is 14.1. The van der Waals surface area contributed by atoms with Gasteiger partial charge in [0.15, 0.2) is 11.5 Å².